The van der Waals surface area contributed by atoms with Crippen molar-refractivity contribution in [3.05, 3.63) is 66.8 Å². The monoisotopic (exact) mass is 1490 g/mol. The summed E-state index contributed by atoms with van der Waals surface area (Å²) in [5.74, 6) is -16.0. The van der Waals surface area contributed by atoms with E-state index in [-0.39, 0.29) is 32.0 Å². The first-order valence-electron chi connectivity index (χ1n) is 27.3. The molecular weight excluding hydrogens is 1400 g/mol. The van der Waals surface area contributed by atoms with Crippen LogP contribution >= 0.6 is 0 Å². The Bertz CT molecular complexity index is 2450. The maximum absolute atomic E-state index is 12.2. The lowest BCUT2D eigenvalue weighted by molar-refractivity contribution is -0.900. The van der Waals surface area contributed by atoms with Gasteiger partial charge in [0.15, 0.2) is 33.4 Å². The van der Waals surface area contributed by atoms with Crippen molar-refractivity contribution in [3.8, 4) is 0 Å². The van der Waals surface area contributed by atoms with Crippen LogP contribution in [0.3, 0.4) is 0 Å². The molecule has 2 aromatic rings. The van der Waals surface area contributed by atoms with Crippen molar-refractivity contribution in [2.24, 2.45) is 5.41 Å². The fourth-order valence-corrected chi connectivity index (χ4v) is 8.70. The molecule has 0 bridgehead atoms. The normalized spacial score (nSPS) is 13.3. The molecule has 34 heteroatoms. The zero-order valence-electron chi connectivity index (χ0n) is 52.0. The van der Waals surface area contributed by atoms with Gasteiger partial charge in [0, 0.05) is 0 Å². The quantitative estimate of drug-likeness (QED) is 0.0373. The van der Waals surface area contributed by atoms with Gasteiger partial charge in [-0.05, 0) is 106 Å². The summed E-state index contributed by atoms with van der Waals surface area (Å²) in [5, 5.41) is -7.11. The van der Waals surface area contributed by atoms with Crippen LogP contribution in [0.25, 0.3) is 0 Å². The first-order valence-corrected chi connectivity index (χ1v) is 33.9. The van der Waals surface area contributed by atoms with E-state index in [1.54, 1.807) is 4.90 Å². The van der Waals surface area contributed by atoms with Gasteiger partial charge in [0.1, 0.15) is 10.1 Å². The smallest absolute Gasteiger partial charge is 0.485 e. The summed E-state index contributed by atoms with van der Waals surface area (Å²) in [5.41, 5.74) is -3.48. The minimum Gasteiger partial charge on any atom is -0.746 e. The lowest BCUT2D eigenvalue weighted by atomic mass is 9.87. The Labute approximate surface area is 519 Å². The molecule has 0 fully saturated rings. The largest absolute Gasteiger partial charge is 0.746 e. The summed E-state index contributed by atoms with van der Waals surface area (Å²) in [6.45, 7) is 39.6. The Morgan fingerprint density at radius 3 is 0.943 bits per heavy atom. The molecule has 0 saturated carbocycles. The van der Waals surface area contributed by atoms with Gasteiger partial charge in [-0.1, -0.05) is 127 Å². The standard InChI is InChI=1S/C20H26I.C12H27N.C9H21N.C7H10F4O2.C4HF9O3S.CHF3O3S.CH3FO3S/c1-19(2,3)15-7-11-17(12-8-15)21-18-13-9-16(10-14-18)20(4,5)6;1-4-7-10-13(11-8-5-2)12-9-6-3;1-4-7-10(8-5-2)9-6-3;1-6(2,3)5(12)13-4(8)7(9,10)11;5-1(6,3(9,10)11)2(7,8)4(12,13)17(14,15)16;2-1(3,4)8(5,6)7;2-1-6(3,4)5/h7-14H,1-6H3;4-12H2,1-3H3;4-9H2,1-3H3;4H,1-3H3;(H,14,15,16);(H,5,6,7);1H2,(H,3,4,5)/q+1;;;;;;/p-1. The van der Waals surface area contributed by atoms with Crippen molar-refractivity contribution >= 4 is 36.3 Å². The molecule has 13 nitrogen and oxygen atoms in total. The maximum Gasteiger partial charge on any atom is 0.485 e. The van der Waals surface area contributed by atoms with Crippen LogP contribution in [0, 0.1) is 12.6 Å². The third-order valence-electron chi connectivity index (χ3n) is 11.0. The fourth-order valence-electron chi connectivity index (χ4n) is 6.10. The van der Waals surface area contributed by atoms with Gasteiger partial charge in [-0.25, -0.2) is 29.6 Å². The predicted octanol–water partition coefficient (Wildman–Crippen LogP) is 9.68. The minimum atomic E-state index is -7.43. The Hall–Kier alpha value is -2.90. The number of halogens is 18. The van der Waals surface area contributed by atoms with E-state index in [2.05, 4.69) is 136 Å². The average molecular weight is 1490 g/mol. The number of hydrogen-bond acceptors (Lipinski definition) is 11. The Morgan fingerprint density at radius 2 is 0.761 bits per heavy atom. The lowest BCUT2D eigenvalue weighted by Crippen LogP contribution is -3.61. The zero-order valence-corrected chi connectivity index (χ0v) is 56.6. The average Bonchev–Trinajstić information content (AvgIpc) is 3.35. The molecule has 1 unspecified atom stereocenters. The highest BCUT2D eigenvalue weighted by atomic mass is 127. The summed E-state index contributed by atoms with van der Waals surface area (Å²) in [6, 6.07) is 16.6. The van der Waals surface area contributed by atoms with E-state index in [1.807, 2.05) is 4.90 Å². The van der Waals surface area contributed by atoms with Gasteiger partial charge in [0.25, 0.3) is 0 Å². The van der Waals surface area contributed by atoms with Gasteiger partial charge in [0.2, 0.25) is 0 Å². The molecule has 2 rings (SSSR count). The van der Waals surface area contributed by atoms with Crippen molar-refractivity contribution in [1.82, 2.24) is 0 Å². The van der Waals surface area contributed by atoms with Gasteiger partial charge in [-0.3, -0.25) is 4.79 Å². The summed E-state index contributed by atoms with van der Waals surface area (Å²) in [6.07, 6.45) is -3.61. The summed E-state index contributed by atoms with van der Waals surface area (Å²) in [4.78, 5) is 14.4. The highest BCUT2D eigenvalue weighted by Crippen LogP contribution is 2.54. The van der Waals surface area contributed by atoms with Gasteiger partial charge in [-0.15, -0.1) is 0 Å². The second-order valence-corrected chi connectivity index (χ2v) is 29.5. The number of alkyl halides is 17. The van der Waals surface area contributed by atoms with Crippen LogP contribution < -0.4 is 31.0 Å². The Balaban J connectivity index is -0.000000315. The van der Waals surface area contributed by atoms with Crippen LogP contribution in [0.2, 0.25) is 0 Å². The molecule has 0 aliphatic carbocycles. The van der Waals surface area contributed by atoms with Crippen molar-refractivity contribution in [1.29, 1.82) is 0 Å². The Morgan fingerprint density at radius 1 is 0.489 bits per heavy atom. The number of carbonyl (C=O) groups excluding carboxylic acids is 1. The third kappa shape index (κ3) is 40.2. The minimum absolute atomic E-state index is 0.0703. The van der Waals surface area contributed by atoms with E-state index >= 15 is 0 Å². The van der Waals surface area contributed by atoms with E-state index in [1.165, 1.54) is 136 Å². The van der Waals surface area contributed by atoms with Crippen LogP contribution in [0.15, 0.2) is 48.5 Å². The van der Waals surface area contributed by atoms with Gasteiger partial charge >= 0.3 is 68.5 Å². The second-order valence-electron chi connectivity index (χ2n) is 22.4. The van der Waals surface area contributed by atoms with E-state index < -0.39 is 89.1 Å². The Kier molecular flexibility index (Phi) is 43.6. The van der Waals surface area contributed by atoms with Crippen molar-refractivity contribution in [3.63, 3.8) is 0 Å². The predicted molar refractivity (Wildman–Crippen MR) is 293 cm³/mol. The number of rotatable bonds is 22. The number of esters is 1. The summed E-state index contributed by atoms with van der Waals surface area (Å²) in [7, 11) is -18.1. The SMILES string of the molecule is CC(C)(C)C(=O)OC(F)C(F)(F)F.CC(C)(C)c1ccc([I+]c2ccc(C(C)(C)C)cc2)cc1.CCCC[NH+](CCCC)CCCC.CCC[NH+](CCC)CCC.O=S(=O)([O-])C(F)(F)C(F)(F)C(F)(F)C(F)(F)F.O=S(=O)([O-])C(F)(F)F.O=S(=O)([O-])CF. The van der Waals surface area contributed by atoms with Crippen molar-refractivity contribution in [2.75, 3.05) is 45.3 Å². The molecule has 2 aromatic carbocycles. The molecule has 0 aliphatic rings. The molecule has 0 radical (unpaired) electrons. The molecule has 0 aromatic heterocycles. The number of ether oxygens (including phenoxy) is 1. The number of benzene rings is 2. The number of carbonyl (C=O) groups is 1. The molecule has 88 heavy (non-hydrogen) atoms. The van der Waals surface area contributed by atoms with Gasteiger partial charge in [-0.2, -0.15) is 70.2 Å². The van der Waals surface area contributed by atoms with Crippen LogP contribution in [-0.4, -0.2) is 131 Å². The summed E-state index contributed by atoms with van der Waals surface area (Å²) < 4.78 is 285. The van der Waals surface area contributed by atoms with Gasteiger partial charge < -0.3 is 28.2 Å². The van der Waals surface area contributed by atoms with Crippen LogP contribution in [-0.2, 0) is 50.7 Å². The molecule has 0 spiro atoms. The van der Waals surface area contributed by atoms with Crippen LogP contribution in [0.1, 0.15) is 173 Å². The summed E-state index contributed by atoms with van der Waals surface area (Å²) >= 11 is -0.0703. The molecular formula is C54H88F17IN2O11S3. The molecule has 0 saturated heterocycles. The van der Waals surface area contributed by atoms with E-state index in [9.17, 15) is 92.4 Å². The molecule has 0 aliphatic heterocycles. The number of quaternary nitrogens is 2. The van der Waals surface area contributed by atoms with E-state index in [0.29, 0.717) is 0 Å². The highest BCUT2D eigenvalue weighted by molar-refractivity contribution is 7.87. The zero-order chi connectivity index (χ0) is 71.0. The van der Waals surface area contributed by atoms with Crippen molar-refractivity contribution in [2.45, 2.75) is 214 Å². The highest BCUT2D eigenvalue weighted by Gasteiger charge is 2.83. The molecule has 524 valence electrons. The third-order valence-corrected chi connectivity index (χ3v) is 15.4. The van der Waals surface area contributed by atoms with Crippen molar-refractivity contribution < 1.29 is 154 Å². The maximum atomic E-state index is 12.2. The van der Waals surface area contributed by atoms with Gasteiger partial charge in [0.05, 0.1) is 44.7 Å². The van der Waals surface area contributed by atoms with Crippen LogP contribution in [0.5, 0.6) is 0 Å². The fraction of sp³-hybridized carbons (Fsp3) is 0.759. The molecule has 2 N–H and O–H groups in total. The molecule has 0 heterocycles. The lowest BCUT2D eigenvalue weighted by Gasteiger charge is -2.34. The second kappa shape index (κ2) is 40.9. The van der Waals surface area contributed by atoms with Crippen LogP contribution in [0.4, 0.5) is 74.6 Å². The topological polar surface area (TPSA) is 207 Å². The first kappa shape index (κ1) is 93.8. The molecule has 1 atom stereocenters. The number of nitrogens with one attached hydrogen (secondary N) is 2. The number of unbranched alkanes of at least 4 members (excludes halogenated alkanes) is 3. The van der Waals surface area contributed by atoms with E-state index in [4.69, 9.17) is 25.9 Å². The number of hydrogen-bond donors (Lipinski definition) is 2. The molecule has 0 amide bonds. The first-order chi connectivity index (χ1) is 39.2. The van der Waals surface area contributed by atoms with E-state index in [0.717, 1.165) is 0 Å².